The van der Waals surface area contributed by atoms with E-state index in [1.807, 2.05) is 6.92 Å². The Morgan fingerprint density at radius 2 is 2.33 bits per heavy atom. The van der Waals surface area contributed by atoms with Crippen molar-refractivity contribution in [2.75, 3.05) is 0 Å². The number of allylic oxidation sites excluding steroid dienone is 2. The number of aromatic carboxylic acids is 1. The first-order valence-corrected chi connectivity index (χ1v) is 7.62. The van der Waals surface area contributed by atoms with Gasteiger partial charge in [-0.25, -0.2) is 9.18 Å². The first kappa shape index (κ1) is 17.8. The number of carbonyl (C=O) groups excluding carboxylic acids is 1. The summed E-state index contributed by atoms with van der Waals surface area (Å²) in [5.41, 5.74) is 1.74. The van der Waals surface area contributed by atoms with Gasteiger partial charge in [0.25, 0.3) is 0 Å². The molecule has 1 aliphatic carbocycles. The summed E-state index contributed by atoms with van der Waals surface area (Å²) < 4.78 is 13.8. The summed E-state index contributed by atoms with van der Waals surface area (Å²) in [5.74, 6) is -1.47. The van der Waals surface area contributed by atoms with Crippen LogP contribution in [0.1, 0.15) is 41.9 Å². The first-order chi connectivity index (χ1) is 11.3. The molecule has 1 aliphatic rings. The zero-order valence-corrected chi connectivity index (χ0v) is 13.6. The van der Waals surface area contributed by atoms with Gasteiger partial charge in [0.2, 0.25) is 6.41 Å². The average Bonchev–Trinajstić information content (AvgIpc) is 2.87. The van der Waals surface area contributed by atoms with Crippen LogP contribution in [0.4, 0.5) is 4.39 Å². The first-order valence-electron chi connectivity index (χ1n) is 7.62. The van der Waals surface area contributed by atoms with E-state index in [-0.39, 0.29) is 11.0 Å². The normalized spacial score (nSPS) is 21.5. The molecular weight excluding hydrogens is 313 g/mol. The Kier molecular flexibility index (Phi) is 5.43. The highest BCUT2D eigenvalue weighted by atomic mass is 19.1. The van der Waals surface area contributed by atoms with Crippen molar-refractivity contribution in [2.45, 2.75) is 39.3 Å². The smallest absolute Gasteiger partial charge is 0.337 e. The van der Waals surface area contributed by atoms with Gasteiger partial charge in [-0.2, -0.15) is 0 Å². The molecule has 128 valence electrons. The Balaban J connectivity index is 2.01. The minimum Gasteiger partial charge on any atom is -0.478 e. The number of aliphatic imine (C=N–C) groups is 1. The number of nitrogens with one attached hydrogen (secondary N) is 1. The third-order valence-corrected chi connectivity index (χ3v) is 4.04. The van der Waals surface area contributed by atoms with Gasteiger partial charge in [-0.15, -0.1) is 0 Å². The zero-order chi connectivity index (χ0) is 17.7. The number of carboxylic acids is 1. The van der Waals surface area contributed by atoms with E-state index in [4.69, 9.17) is 5.11 Å². The summed E-state index contributed by atoms with van der Waals surface area (Å²) in [5, 5.41) is 11.4. The van der Waals surface area contributed by atoms with Crippen molar-refractivity contribution < 1.29 is 19.1 Å². The number of carbonyl (C=O) groups is 2. The molecule has 1 heterocycles. The molecule has 0 bridgehead atoms. The van der Waals surface area contributed by atoms with Crippen molar-refractivity contribution in [1.82, 2.24) is 10.3 Å². The number of rotatable bonds is 7. The van der Waals surface area contributed by atoms with Gasteiger partial charge in [-0.3, -0.25) is 14.8 Å². The lowest BCUT2D eigenvalue weighted by Gasteiger charge is -2.20. The number of amides is 1. The van der Waals surface area contributed by atoms with Gasteiger partial charge in [-0.05, 0) is 49.3 Å². The molecule has 0 aliphatic heterocycles. The van der Waals surface area contributed by atoms with E-state index in [1.165, 1.54) is 12.3 Å². The van der Waals surface area contributed by atoms with Crippen molar-refractivity contribution >= 4 is 18.6 Å². The van der Waals surface area contributed by atoms with Crippen molar-refractivity contribution in [3.8, 4) is 0 Å². The second-order valence-electron chi connectivity index (χ2n) is 6.33. The van der Waals surface area contributed by atoms with Crippen LogP contribution in [0.2, 0.25) is 0 Å². The fourth-order valence-corrected chi connectivity index (χ4v) is 2.76. The van der Waals surface area contributed by atoms with Gasteiger partial charge < -0.3 is 10.4 Å². The molecule has 0 saturated carbocycles. The summed E-state index contributed by atoms with van der Waals surface area (Å²) >= 11 is 0. The van der Waals surface area contributed by atoms with Crippen LogP contribution >= 0.6 is 0 Å². The molecule has 24 heavy (non-hydrogen) atoms. The Bertz CT molecular complexity index is 702. The van der Waals surface area contributed by atoms with Gasteiger partial charge in [-0.1, -0.05) is 6.92 Å². The summed E-state index contributed by atoms with van der Waals surface area (Å²) in [4.78, 5) is 29.3. The van der Waals surface area contributed by atoms with E-state index in [0.717, 1.165) is 17.5 Å². The van der Waals surface area contributed by atoms with Gasteiger partial charge in [0.15, 0.2) is 0 Å². The Morgan fingerprint density at radius 3 is 3.00 bits per heavy atom. The summed E-state index contributed by atoms with van der Waals surface area (Å²) in [7, 11) is 0. The van der Waals surface area contributed by atoms with Gasteiger partial charge in [0.1, 0.15) is 12.0 Å². The third kappa shape index (κ3) is 4.47. The van der Waals surface area contributed by atoms with Crippen LogP contribution in [0.5, 0.6) is 0 Å². The number of pyridine rings is 1. The second kappa shape index (κ2) is 7.33. The molecular formula is C17H20FN3O3. The number of halogens is 1. The largest absolute Gasteiger partial charge is 0.478 e. The number of hydrogen-bond donors (Lipinski definition) is 2. The van der Waals surface area contributed by atoms with E-state index in [1.54, 1.807) is 13.0 Å². The average molecular weight is 333 g/mol. The summed E-state index contributed by atoms with van der Waals surface area (Å²) in [6.07, 6.45) is 5.75. The van der Waals surface area contributed by atoms with E-state index >= 15 is 0 Å². The predicted octanol–water partition coefficient (Wildman–Crippen LogP) is 2.29. The molecule has 0 radical (unpaired) electrons. The second-order valence-corrected chi connectivity index (χ2v) is 6.33. The number of aromatic nitrogens is 1. The predicted molar refractivity (Wildman–Crippen MR) is 87.7 cm³/mol. The van der Waals surface area contributed by atoms with Crippen molar-refractivity contribution in [3.63, 3.8) is 0 Å². The minimum atomic E-state index is -1.00. The third-order valence-electron chi connectivity index (χ3n) is 4.04. The fraction of sp³-hybridized carbons (Fsp3) is 0.412. The maximum absolute atomic E-state index is 13.8. The number of nitrogens with zero attached hydrogens (tertiary/aromatic N) is 2. The SMILES string of the molecule is CC(/N=C\C(F)=C/C[C@]1(C)Cc2cc(C(=O)O)cnc2C1)NC=O. The van der Waals surface area contributed by atoms with Gasteiger partial charge in [0.05, 0.1) is 11.8 Å². The lowest BCUT2D eigenvalue weighted by atomic mass is 9.84. The van der Waals surface area contributed by atoms with E-state index in [9.17, 15) is 14.0 Å². The molecule has 0 fully saturated rings. The quantitative estimate of drug-likeness (QED) is 0.591. The van der Waals surface area contributed by atoms with Gasteiger partial charge in [0, 0.05) is 11.9 Å². The standard InChI is InChI=1S/C17H20FN3O3/c1-11(21-10-22)19-9-14(18)3-4-17(2)6-12-5-13(16(23)24)8-20-15(12)7-17/h3,5,8-11H,4,6-7H2,1-2H3,(H,21,22)(H,23,24)/b14-3+,19-9-/t11?,17-/m1/s1. The minimum absolute atomic E-state index is 0.170. The van der Waals surface area contributed by atoms with Crippen LogP contribution in [0.15, 0.2) is 29.2 Å². The molecule has 0 aromatic carbocycles. The molecule has 0 spiro atoms. The van der Waals surface area contributed by atoms with Crippen molar-refractivity contribution in [2.24, 2.45) is 10.4 Å². The molecule has 2 N–H and O–H groups in total. The zero-order valence-electron chi connectivity index (χ0n) is 13.6. The number of fused-ring (bicyclic) bond motifs is 1. The van der Waals surface area contributed by atoms with Crippen molar-refractivity contribution in [3.05, 3.63) is 41.0 Å². The molecule has 2 rings (SSSR count). The Labute approximate surface area is 139 Å². The van der Waals surface area contributed by atoms with E-state index in [0.29, 0.717) is 25.7 Å². The van der Waals surface area contributed by atoms with E-state index < -0.39 is 18.0 Å². The molecule has 7 heteroatoms. The van der Waals surface area contributed by atoms with Crippen LogP contribution in [0, 0.1) is 5.41 Å². The molecule has 1 aromatic heterocycles. The number of carboxylic acid groups (broad SMARTS) is 1. The highest BCUT2D eigenvalue weighted by Gasteiger charge is 2.33. The lowest BCUT2D eigenvalue weighted by molar-refractivity contribution is -0.110. The highest BCUT2D eigenvalue weighted by molar-refractivity contribution is 5.87. The molecule has 1 unspecified atom stereocenters. The van der Waals surface area contributed by atoms with Crippen LogP contribution in [-0.4, -0.2) is 34.9 Å². The van der Waals surface area contributed by atoms with E-state index in [2.05, 4.69) is 15.3 Å². The van der Waals surface area contributed by atoms with Crippen molar-refractivity contribution in [1.29, 1.82) is 0 Å². The summed E-state index contributed by atoms with van der Waals surface area (Å²) in [6, 6.07) is 1.64. The lowest BCUT2D eigenvalue weighted by Crippen LogP contribution is -2.21. The Morgan fingerprint density at radius 1 is 1.58 bits per heavy atom. The maximum atomic E-state index is 13.8. The molecule has 2 atom stereocenters. The van der Waals surface area contributed by atoms with Crippen LogP contribution < -0.4 is 5.32 Å². The van der Waals surface area contributed by atoms with Gasteiger partial charge >= 0.3 is 5.97 Å². The molecule has 0 saturated heterocycles. The van der Waals surface area contributed by atoms with Crippen LogP contribution in [0.3, 0.4) is 0 Å². The fourth-order valence-electron chi connectivity index (χ4n) is 2.76. The monoisotopic (exact) mass is 333 g/mol. The molecule has 1 aromatic rings. The summed E-state index contributed by atoms with van der Waals surface area (Å²) in [6.45, 7) is 3.66. The number of hydrogen-bond acceptors (Lipinski definition) is 4. The van der Waals surface area contributed by atoms with Crippen LogP contribution in [-0.2, 0) is 17.6 Å². The highest BCUT2D eigenvalue weighted by Crippen LogP contribution is 2.39. The molecule has 6 nitrogen and oxygen atoms in total. The topological polar surface area (TPSA) is 91.7 Å². The maximum Gasteiger partial charge on any atom is 0.337 e. The Hall–Kier alpha value is -2.57. The molecule has 1 amide bonds. The van der Waals surface area contributed by atoms with Crippen LogP contribution in [0.25, 0.3) is 0 Å².